The third-order valence-electron chi connectivity index (χ3n) is 4.33. The molecule has 0 amide bonds. The lowest BCUT2D eigenvalue weighted by molar-refractivity contribution is 0.0976. The van der Waals surface area contributed by atoms with Crippen molar-refractivity contribution in [2.24, 2.45) is 0 Å². The maximum absolute atomic E-state index is 13.2. The molecule has 0 aliphatic heterocycles. The fourth-order valence-corrected chi connectivity index (χ4v) is 3.17. The Morgan fingerprint density at radius 2 is 1.64 bits per heavy atom. The first-order chi connectivity index (χ1) is 13.5. The first-order valence-corrected chi connectivity index (χ1v) is 9.88. The van der Waals surface area contributed by atoms with Gasteiger partial charge in [-0.2, -0.15) is 0 Å². The topological polar surface area (TPSA) is 38.3 Å². The van der Waals surface area contributed by atoms with Gasteiger partial charge in [0.15, 0.2) is 5.78 Å². The number of halogens is 2. The van der Waals surface area contributed by atoms with Crippen molar-refractivity contribution in [3.63, 3.8) is 0 Å². The first-order valence-electron chi connectivity index (χ1n) is 9.09. The molecule has 3 nitrogen and oxygen atoms in total. The van der Waals surface area contributed by atoms with Gasteiger partial charge >= 0.3 is 0 Å². The van der Waals surface area contributed by atoms with Gasteiger partial charge in [0.2, 0.25) is 0 Å². The van der Waals surface area contributed by atoms with Gasteiger partial charge in [-0.15, -0.1) is 0 Å². The average molecular weight is 442 g/mol. The fourth-order valence-electron chi connectivity index (χ4n) is 2.90. The molecular formula is C23H21BrFNO2. The van der Waals surface area contributed by atoms with Crippen molar-refractivity contribution in [2.75, 3.05) is 11.9 Å². The van der Waals surface area contributed by atoms with Crippen molar-refractivity contribution < 1.29 is 13.9 Å². The van der Waals surface area contributed by atoms with Crippen LogP contribution < -0.4 is 10.1 Å². The molecule has 1 atom stereocenters. The number of carbonyl (C=O) groups is 1. The van der Waals surface area contributed by atoms with E-state index >= 15 is 0 Å². The minimum Gasteiger partial charge on any atom is -0.494 e. The third-order valence-corrected chi connectivity index (χ3v) is 4.86. The van der Waals surface area contributed by atoms with Gasteiger partial charge in [-0.1, -0.05) is 28.1 Å². The van der Waals surface area contributed by atoms with Crippen molar-refractivity contribution in [1.29, 1.82) is 0 Å². The molecule has 1 N–H and O–H groups in total. The fraction of sp³-hybridized carbons (Fsp3) is 0.174. The Balaban J connectivity index is 1.81. The van der Waals surface area contributed by atoms with Crippen molar-refractivity contribution in [3.05, 3.63) is 94.2 Å². The second-order valence-corrected chi connectivity index (χ2v) is 7.26. The molecule has 0 spiro atoms. The van der Waals surface area contributed by atoms with Crippen LogP contribution in [-0.4, -0.2) is 12.4 Å². The van der Waals surface area contributed by atoms with Gasteiger partial charge in [0, 0.05) is 22.1 Å². The first kappa shape index (κ1) is 20.1. The number of Topliss-reactive ketones (excluding diaryl/α,β-unsaturated/α-hetero) is 1. The van der Waals surface area contributed by atoms with Crippen molar-refractivity contribution in [3.8, 4) is 5.75 Å². The van der Waals surface area contributed by atoms with Crippen LogP contribution in [-0.2, 0) is 0 Å². The SMILES string of the molecule is CCOc1ccc(NC(CC(=O)c2ccc(F)cc2)c2ccc(Br)cc2)cc1. The molecule has 0 aliphatic carbocycles. The number of nitrogens with one attached hydrogen (secondary N) is 1. The zero-order valence-electron chi connectivity index (χ0n) is 15.5. The van der Waals surface area contributed by atoms with E-state index in [9.17, 15) is 9.18 Å². The molecule has 3 aromatic carbocycles. The molecule has 0 radical (unpaired) electrons. The second-order valence-electron chi connectivity index (χ2n) is 6.34. The Hall–Kier alpha value is -2.66. The number of hydrogen-bond acceptors (Lipinski definition) is 3. The molecule has 144 valence electrons. The summed E-state index contributed by atoms with van der Waals surface area (Å²) >= 11 is 3.44. The van der Waals surface area contributed by atoms with Gasteiger partial charge in [-0.3, -0.25) is 4.79 Å². The summed E-state index contributed by atoms with van der Waals surface area (Å²) in [7, 11) is 0. The lowest BCUT2D eigenvalue weighted by Gasteiger charge is -2.20. The Kier molecular flexibility index (Phi) is 6.82. The van der Waals surface area contributed by atoms with Crippen molar-refractivity contribution in [2.45, 2.75) is 19.4 Å². The standard InChI is InChI=1S/C23H21BrFNO2/c1-2-28-21-13-11-20(12-14-21)26-22(16-3-7-18(24)8-4-16)15-23(27)17-5-9-19(25)10-6-17/h3-14,22,26H,2,15H2,1H3. The molecule has 28 heavy (non-hydrogen) atoms. The molecule has 1 unspecified atom stereocenters. The number of ether oxygens (including phenoxy) is 1. The number of rotatable bonds is 8. The number of ketones is 1. The Bertz CT molecular complexity index is 909. The summed E-state index contributed by atoms with van der Waals surface area (Å²) in [6.45, 7) is 2.55. The Morgan fingerprint density at radius 3 is 2.25 bits per heavy atom. The summed E-state index contributed by atoms with van der Waals surface area (Å²) in [5, 5.41) is 3.43. The van der Waals surface area contributed by atoms with Crippen LogP contribution in [0.2, 0.25) is 0 Å². The third kappa shape index (κ3) is 5.42. The molecule has 0 saturated heterocycles. The van der Waals surface area contributed by atoms with E-state index in [1.165, 1.54) is 24.3 Å². The molecule has 3 rings (SSSR count). The molecule has 0 fully saturated rings. The van der Waals surface area contributed by atoms with Gasteiger partial charge in [0.1, 0.15) is 11.6 Å². The van der Waals surface area contributed by atoms with Gasteiger partial charge in [0.05, 0.1) is 12.6 Å². The highest BCUT2D eigenvalue weighted by atomic mass is 79.9. The Morgan fingerprint density at radius 1 is 1.00 bits per heavy atom. The summed E-state index contributed by atoms with van der Waals surface area (Å²) < 4.78 is 19.6. The van der Waals surface area contributed by atoms with Crippen LogP contribution >= 0.6 is 15.9 Å². The number of carbonyl (C=O) groups excluding carboxylic acids is 1. The predicted octanol–water partition coefficient (Wildman–Crippen LogP) is 6.41. The van der Waals surface area contributed by atoms with E-state index in [4.69, 9.17) is 4.74 Å². The van der Waals surface area contributed by atoms with Crippen molar-refractivity contribution in [1.82, 2.24) is 0 Å². The summed E-state index contributed by atoms with van der Waals surface area (Å²) in [6.07, 6.45) is 0.250. The lowest BCUT2D eigenvalue weighted by Crippen LogP contribution is -2.16. The molecule has 3 aromatic rings. The summed E-state index contributed by atoms with van der Waals surface area (Å²) in [5.41, 5.74) is 2.38. The van der Waals surface area contributed by atoms with E-state index < -0.39 is 0 Å². The molecule has 0 aliphatic rings. The van der Waals surface area contributed by atoms with Crippen LogP contribution in [0.5, 0.6) is 5.75 Å². The molecule has 0 saturated carbocycles. The molecule has 5 heteroatoms. The van der Waals surface area contributed by atoms with Gasteiger partial charge < -0.3 is 10.1 Å². The monoisotopic (exact) mass is 441 g/mol. The predicted molar refractivity (Wildman–Crippen MR) is 113 cm³/mol. The summed E-state index contributed by atoms with van der Waals surface area (Å²) in [6, 6.07) is 20.9. The van der Waals surface area contributed by atoms with Gasteiger partial charge in [-0.25, -0.2) is 4.39 Å². The molecular weight excluding hydrogens is 421 g/mol. The zero-order chi connectivity index (χ0) is 19.9. The number of benzene rings is 3. The number of hydrogen-bond donors (Lipinski definition) is 1. The number of anilines is 1. The highest BCUT2D eigenvalue weighted by Gasteiger charge is 2.18. The average Bonchev–Trinajstić information content (AvgIpc) is 2.70. The van der Waals surface area contributed by atoms with E-state index in [1.54, 1.807) is 0 Å². The smallest absolute Gasteiger partial charge is 0.165 e. The molecule has 0 heterocycles. The largest absolute Gasteiger partial charge is 0.494 e. The van der Waals surface area contributed by atoms with Crippen LogP contribution in [0.4, 0.5) is 10.1 Å². The van der Waals surface area contributed by atoms with E-state index in [-0.39, 0.29) is 24.1 Å². The maximum Gasteiger partial charge on any atom is 0.165 e. The van der Waals surface area contributed by atoms with Crippen LogP contribution in [0, 0.1) is 5.82 Å². The van der Waals surface area contributed by atoms with Crippen LogP contribution in [0.1, 0.15) is 35.3 Å². The van der Waals surface area contributed by atoms with Crippen LogP contribution in [0.25, 0.3) is 0 Å². The van der Waals surface area contributed by atoms with Crippen LogP contribution in [0.15, 0.2) is 77.3 Å². The summed E-state index contributed by atoms with van der Waals surface area (Å²) in [4.78, 5) is 12.7. The van der Waals surface area contributed by atoms with Gasteiger partial charge in [-0.05, 0) is 73.2 Å². The summed E-state index contributed by atoms with van der Waals surface area (Å²) in [5.74, 6) is 0.399. The van der Waals surface area contributed by atoms with Crippen LogP contribution in [0.3, 0.4) is 0 Å². The highest BCUT2D eigenvalue weighted by Crippen LogP contribution is 2.27. The lowest BCUT2D eigenvalue weighted by atomic mass is 9.97. The second kappa shape index (κ2) is 9.51. The highest BCUT2D eigenvalue weighted by molar-refractivity contribution is 9.10. The van der Waals surface area contributed by atoms with E-state index in [0.29, 0.717) is 12.2 Å². The van der Waals surface area contributed by atoms with Gasteiger partial charge in [0.25, 0.3) is 0 Å². The normalized spacial score (nSPS) is 11.7. The molecule has 0 bridgehead atoms. The van der Waals surface area contributed by atoms with E-state index in [2.05, 4.69) is 21.2 Å². The Labute approximate surface area is 172 Å². The quantitative estimate of drug-likeness (QED) is 0.410. The van der Waals surface area contributed by atoms with E-state index in [1.807, 2.05) is 55.5 Å². The zero-order valence-corrected chi connectivity index (χ0v) is 17.1. The van der Waals surface area contributed by atoms with E-state index in [0.717, 1.165) is 21.5 Å². The molecule has 0 aromatic heterocycles. The maximum atomic E-state index is 13.2. The minimum atomic E-state index is -0.353. The van der Waals surface area contributed by atoms with Crippen molar-refractivity contribution >= 4 is 27.4 Å². The minimum absolute atomic E-state index is 0.0497.